The molecule has 2 rings (SSSR count). The van der Waals surface area contributed by atoms with E-state index in [1.807, 2.05) is 7.05 Å². The summed E-state index contributed by atoms with van der Waals surface area (Å²) in [7, 11) is 1.82. The van der Waals surface area contributed by atoms with Gasteiger partial charge in [-0.25, -0.2) is 9.97 Å². The predicted octanol–water partition coefficient (Wildman–Crippen LogP) is 0.758. The van der Waals surface area contributed by atoms with Crippen LogP contribution in [0.15, 0.2) is 30.2 Å². The second-order valence-corrected chi connectivity index (χ2v) is 4.53. The number of nitrogens with zero attached hydrogens (tertiary/aromatic N) is 4. The highest BCUT2D eigenvalue weighted by Gasteiger charge is 2.09. The summed E-state index contributed by atoms with van der Waals surface area (Å²) in [5.74, 6) is 0.269. The van der Waals surface area contributed by atoms with Crippen molar-refractivity contribution in [2.75, 3.05) is 12.3 Å². The summed E-state index contributed by atoms with van der Waals surface area (Å²) >= 11 is 1.37. The summed E-state index contributed by atoms with van der Waals surface area (Å²) < 4.78 is 1.68. The molecule has 2 aromatic heterocycles. The molecule has 0 aliphatic rings. The van der Waals surface area contributed by atoms with Gasteiger partial charge in [-0.05, 0) is 0 Å². The largest absolute Gasteiger partial charge is 0.352 e. The van der Waals surface area contributed by atoms with E-state index in [2.05, 4.69) is 27.0 Å². The zero-order valence-electron chi connectivity index (χ0n) is 9.96. The Morgan fingerprint density at radius 1 is 1.61 bits per heavy atom. The number of nitrogens with one attached hydrogen (secondary N) is 1. The van der Waals surface area contributed by atoms with Crippen LogP contribution in [0.5, 0.6) is 0 Å². The van der Waals surface area contributed by atoms with Crippen molar-refractivity contribution in [2.45, 2.75) is 5.03 Å². The molecule has 0 spiro atoms. The van der Waals surface area contributed by atoms with Crippen LogP contribution in [-0.2, 0) is 11.8 Å². The van der Waals surface area contributed by atoms with Crippen LogP contribution in [0.3, 0.4) is 0 Å². The summed E-state index contributed by atoms with van der Waals surface area (Å²) in [6.45, 7) is 4.02. The van der Waals surface area contributed by atoms with E-state index in [-0.39, 0.29) is 5.91 Å². The molecule has 1 N–H and O–H groups in total. The lowest BCUT2D eigenvalue weighted by Crippen LogP contribution is -2.24. The fraction of sp³-hybridized carbons (Fsp3) is 0.273. The summed E-state index contributed by atoms with van der Waals surface area (Å²) in [6.07, 6.45) is 4.83. The number of aromatic nitrogens is 4. The van der Waals surface area contributed by atoms with E-state index in [1.54, 1.807) is 17.0 Å². The van der Waals surface area contributed by atoms with Crippen molar-refractivity contribution in [3.63, 3.8) is 0 Å². The maximum atomic E-state index is 11.5. The molecular weight excluding hydrogens is 250 g/mol. The Morgan fingerprint density at radius 2 is 2.44 bits per heavy atom. The zero-order chi connectivity index (χ0) is 13.0. The summed E-state index contributed by atoms with van der Waals surface area (Å²) in [6, 6.07) is 0. The first-order chi connectivity index (χ1) is 8.72. The van der Waals surface area contributed by atoms with E-state index in [0.29, 0.717) is 12.3 Å². The average Bonchev–Trinajstić information content (AvgIpc) is 2.76. The van der Waals surface area contributed by atoms with Gasteiger partial charge in [-0.1, -0.05) is 17.8 Å². The third-order valence-electron chi connectivity index (χ3n) is 2.28. The van der Waals surface area contributed by atoms with Crippen LogP contribution in [0.2, 0.25) is 0 Å². The highest BCUT2D eigenvalue weighted by Crippen LogP contribution is 2.23. The van der Waals surface area contributed by atoms with Crippen molar-refractivity contribution in [3.8, 4) is 0 Å². The Labute approximate surface area is 108 Å². The first-order valence-electron chi connectivity index (χ1n) is 5.35. The standard InChI is InChI=1S/C11H13N5OS/c1-3-4-12-9(17)6-18-11-8-5-15-16(2)10(8)13-7-14-11/h3,5,7H,1,4,6H2,2H3,(H,12,17). The molecule has 0 unspecified atom stereocenters. The van der Waals surface area contributed by atoms with Gasteiger partial charge in [-0.15, -0.1) is 6.58 Å². The van der Waals surface area contributed by atoms with Crippen LogP contribution in [0.4, 0.5) is 0 Å². The lowest BCUT2D eigenvalue weighted by atomic mass is 10.4. The maximum absolute atomic E-state index is 11.5. The number of rotatable bonds is 5. The number of hydrogen-bond acceptors (Lipinski definition) is 5. The van der Waals surface area contributed by atoms with Crippen molar-refractivity contribution in [3.05, 3.63) is 25.2 Å². The third-order valence-corrected chi connectivity index (χ3v) is 3.28. The number of amides is 1. The van der Waals surface area contributed by atoms with E-state index in [9.17, 15) is 4.79 Å². The van der Waals surface area contributed by atoms with Crippen molar-refractivity contribution in [1.82, 2.24) is 25.1 Å². The third kappa shape index (κ3) is 2.67. The smallest absolute Gasteiger partial charge is 0.230 e. The molecule has 2 aromatic rings. The molecule has 0 saturated carbocycles. The Balaban J connectivity index is 2.08. The monoisotopic (exact) mass is 263 g/mol. The van der Waals surface area contributed by atoms with Crippen LogP contribution in [0.1, 0.15) is 0 Å². The molecule has 0 aliphatic heterocycles. The number of carbonyl (C=O) groups excluding carboxylic acids is 1. The van der Waals surface area contributed by atoms with Gasteiger partial charge >= 0.3 is 0 Å². The lowest BCUT2D eigenvalue weighted by molar-refractivity contribution is -0.118. The van der Waals surface area contributed by atoms with Crippen molar-refractivity contribution in [2.24, 2.45) is 7.05 Å². The second-order valence-electron chi connectivity index (χ2n) is 3.57. The highest BCUT2D eigenvalue weighted by molar-refractivity contribution is 8.00. The van der Waals surface area contributed by atoms with E-state index < -0.39 is 0 Å². The molecule has 0 fully saturated rings. The molecule has 6 nitrogen and oxygen atoms in total. The lowest BCUT2D eigenvalue weighted by Gasteiger charge is -2.02. The molecule has 0 aliphatic carbocycles. The van der Waals surface area contributed by atoms with Crippen molar-refractivity contribution in [1.29, 1.82) is 0 Å². The summed E-state index contributed by atoms with van der Waals surface area (Å²) in [4.78, 5) is 19.8. The van der Waals surface area contributed by atoms with Gasteiger partial charge in [-0.3, -0.25) is 9.48 Å². The van der Waals surface area contributed by atoms with Gasteiger partial charge in [0, 0.05) is 13.6 Å². The minimum Gasteiger partial charge on any atom is -0.352 e. The topological polar surface area (TPSA) is 72.7 Å². The SMILES string of the molecule is C=CCNC(=O)CSc1ncnc2c1cnn2C. The molecule has 0 saturated heterocycles. The van der Waals surface area contributed by atoms with Crippen molar-refractivity contribution >= 4 is 28.7 Å². The molecule has 94 valence electrons. The molecule has 2 heterocycles. The Morgan fingerprint density at radius 3 is 3.22 bits per heavy atom. The van der Waals surface area contributed by atoms with Gasteiger partial charge in [-0.2, -0.15) is 5.10 Å². The molecular formula is C11H13N5OS. The molecule has 0 radical (unpaired) electrons. The van der Waals surface area contributed by atoms with E-state index in [1.165, 1.54) is 18.1 Å². The highest BCUT2D eigenvalue weighted by atomic mass is 32.2. The van der Waals surface area contributed by atoms with Crippen LogP contribution >= 0.6 is 11.8 Å². The van der Waals surface area contributed by atoms with E-state index in [4.69, 9.17) is 0 Å². The number of thioether (sulfide) groups is 1. The molecule has 7 heteroatoms. The first kappa shape index (κ1) is 12.6. The number of hydrogen-bond donors (Lipinski definition) is 1. The fourth-order valence-corrected chi connectivity index (χ4v) is 2.22. The Hall–Kier alpha value is -1.89. The number of carbonyl (C=O) groups is 1. The predicted molar refractivity (Wildman–Crippen MR) is 70.2 cm³/mol. The normalized spacial score (nSPS) is 10.5. The average molecular weight is 263 g/mol. The zero-order valence-corrected chi connectivity index (χ0v) is 10.8. The maximum Gasteiger partial charge on any atom is 0.230 e. The van der Waals surface area contributed by atoms with Gasteiger partial charge in [0.15, 0.2) is 5.65 Å². The molecule has 18 heavy (non-hydrogen) atoms. The number of aryl methyl sites for hydroxylation is 1. The number of fused-ring (bicyclic) bond motifs is 1. The van der Waals surface area contributed by atoms with Crippen LogP contribution in [-0.4, -0.2) is 38.0 Å². The molecule has 0 bridgehead atoms. The molecule has 1 amide bonds. The Bertz CT molecular complexity index is 580. The first-order valence-corrected chi connectivity index (χ1v) is 6.34. The Kier molecular flexibility index (Phi) is 3.93. The molecule has 0 aromatic carbocycles. The molecule has 0 atom stereocenters. The van der Waals surface area contributed by atoms with Gasteiger partial charge in [0.05, 0.1) is 17.3 Å². The summed E-state index contributed by atoms with van der Waals surface area (Å²) in [5, 5.41) is 8.46. The van der Waals surface area contributed by atoms with Gasteiger partial charge in [0.25, 0.3) is 0 Å². The van der Waals surface area contributed by atoms with Crippen molar-refractivity contribution < 1.29 is 4.79 Å². The van der Waals surface area contributed by atoms with E-state index >= 15 is 0 Å². The summed E-state index contributed by atoms with van der Waals surface area (Å²) in [5.41, 5.74) is 0.763. The quantitative estimate of drug-likeness (QED) is 0.490. The minimum absolute atomic E-state index is 0.0458. The fourth-order valence-electron chi connectivity index (χ4n) is 1.43. The van der Waals surface area contributed by atoms with Gasteiger partial charge in [0.1, 0.15) is 11.4 Å². The second kappa shape index (κ2) is 5.63. The van der Waals surface area contributed by atoms with Gasteiger partial charge in [0.2, 0.25) is 5.91 Å². The van der Waals surface area contributed by atoms with Crippen LogP contribution < -0.4 is 5.32 Å². The van der Waals surface area contributed by atoms with Gasteiger partial charge < -0.3 is 5.32 Å². The van der Waals surface area contributed by atoms with Crippen LogP contribution in [0.25, 0.3) is 11.0 Å². The van der Waals surface area contributed by atoms with E-state index in [0.717, 1.165) is 16.1 Å². The van der Waals surface area contributed by atoms with Crippen LogP contribution in [0, 0.1) is 0 Å². The minimum atomic E-state index is -0.0458.